The van der Waals surface area contributed by atoms with E-state index in [9.17, 15) is 18.0 Å². The van der Waals surface area contributed by atoms with Crippen LogP contribution in [0.1, 0.15) is 32.1 Å². The lowest BCUT2D eigenvalue weighted by Gasteiger charge is -2.33. The molecular weight excluding hydrogens is 348 g/mol. The number of benzene rings is 1. The summed E-state index contributed by atoms with van der Waals surface area (Å²) in [5, 5.41) is 2.19. The quantitative estimate of drug-likeness (QED) is 0.865. The number of carbonyl (C=O) groups is 2. The number of carbonyl (C=O) groups excluding carboxylic acids is 2. The normalized spacial score (nSPS) is 26.6. The second-order valence-corrected chi connectivity index (χ2v) is 10.1. The van der Waals surface area contributed by atoms with Gasteiger partial charge < -0.3 is 5.32 Å². The molecule has 0 aromatic heterocycles. The number of amides is 2. The zero-order valence-corrected chi connectivity index (χ0v) is 14.7. The molecule has 0 radical (unpaired) electrons. The fourth-order valence-corrected chi connectivity index (χ4v) is 6.72. The molecule has 1 saturated heterocycles. The molecule has 1 aromatic rings. The van der Waals surface area contributed by atoms with Gasteiger partial charge in [0, 0.05) is 17.9 Å². The van der Waals surface area contributed by atoms with Crippen LogP contribution in [0.15, 0.2) is 29.2 Å². The van der Waals surface area contributed by atoms with Crippen molar-refractivity contribution in [3.8, 4) is 0 Å². The SMILES string of the molecule is O=C1Nc2ccccc2SC1CC(=O)N1CCCC2(CC2)S1(=O)=O. The first-order chi connectivity index (χ1) is 11.4. The standard InChI is InChI=1S/C16H18N2O4S2/c19-14(18-9-3-6-16(7-8-16)24(18,21)22)10-13-15(20)17-11-4-1-2-5-12(11)23-13/h1-2,4-5,13H,3,6-10H2,(H,17,20). The Morgan fingerprint density at radius 3 is 2.79 bits per heavy atom. The summed E-state index contributed by atoms with van der Waals surface area (Å²) in [6.45, 7) is 0.235. The van der Waals surface area contributed by atoms with Gasteiger partial charge in [-0.25, -0.2) is 12.7 Å². The van der Waals surface area contributed by atoms with Crippen LogP contribution < -0.4 is 5.32 Å². The van der Waals surface area contributed by atoms with Crippen LogP contribution in [0.4, 0.5) is 5.69 Å². The average Bonchev–Trinajstić information content (AvgIpc) is 3.32. The molecule has 0 bridgehead atoms. The first kappa shape index (κ1) is 16.0. The molecular formula is C16H18N2O4S2. The molecule has 2 aliphatic heterocycles. The summed E-state index contributed by atoms with van der Waals surface area (Å²) in [6.07, 6.45) is 2.54. The van der Waals surface area contributed by atoms with E-state index in [4.69, 9.17) is 0 Å². The van der Waals surface area contributed by atoms with Crippen molar-refractivity contribution in [2.24, 2.45) is 0 Å². The summed E-state index contributed by atoms with van der Waals surface area (Å²) in [5.41, 5.74) is 0.735. The minimum atomic E-state index is -3.58. The molecule has 1 atom stereocenters. The summed E-state index contributed by atoms with van der Waals surface area (Å²) >= 11 is 1.32. The van der Waals surface area contributed by atoms with Crippen LogP contribution in [0.5, 0.6) is 0 Å². The Hall–Kier alpha value is -1.54. The second kappa shape index (κ2) is 5.49. The Morgan fingerprint density at radius 1 is 1.29 bits per heavy atom. The van der Waals surface area contributed by atoms with Gasteiger partial charge in [0.2, 0.25) is 21.8 Å². The number of anilines is 1. The van der Waals surface area contributed by atoms with Gasteiger partial charge in [-0.1, -0.05) is 12.1 Å². The van der Waals surface area contributed by atoms with Gasteiger partial charge in [-0.2, -0.15) is 0 Å². The first-order valence-electron chi connectivity index (χ1n) is 8.05. The van der Waals surface area contributed by atoms with Gasteiger partial charge in [-0.15, -0.1) is 11.8 Å². The molecule has 3 aliphatic rings. The second-order valence-electron chi connectivity index (χ2n) is 6.55. The largest absolute Gasteiger partial charge is 0.324 e. The number of rotatable bonds is 2. The van der Waals surface area contributed by atoms with E-state index in [1.165, 1.54) is 11.8 Å². The molecule has 24 heavy (non-hydrogen) atoms. The third kappa shape index (κ3) is 2.43. The highest BCUT2D eigenvalue weighted by Crippen LogP contribution is 2.51. The summed E-state index contributed by atoms with van der Waals surface area (Å²) in [6, 6.07) is 7.40. The predicted octanol–water partition coefficient (Wildman–Crippen LogP) is 1.97. The monoisotopic (exact) mass is 366 g/mol. The molecule has 1 aliphatic carbocycles. The number of nitrogens with zero attached hydrogens (tertiary/aromatic N) is 1. The van der Waals surface area contributed by atoms with E-state index < -0.39 is 25.9 Å². The zero-order valence-electron chi connectivity index (χ0n) is 13.0. The maximum atomic E-state index is 12.7. The highest BCUT2D eigenvalue weighted by molar-refractivity contribution is 8.01. The van der Waals surface area contributed by atoms with Crippen molar-refractivity contribution >= 4 is 39.3 Å². The Labute approximate surface area is 145 Å². The van der Waals surface area contributed by atoms with Gasteiger partial charge in [-0.3, -0.25) is 9.59 Å². The Bertz CT molecular complexity index is 817. The van der Waals surface area contributed by atoms with Gasteiger partial charge in [0.15, 0.2) is 0 Å². The van der Waals surface area contributed by atoms with Crippen molar-refractivity contribution in [1.82, 2.24) is 4.31 Å². The lowest BCUT2D eigenvalue weighted by atomic mass is 10.2. The molecule has 128 valence electrons. The smallest absolute Gasteiger partial charge is 0.243 e. The molecule has 1 aromatic carbocycles. The Morgan fingerprint density at radius 2 is 2.04 bits per heavy atom. The minimum absolute atomic E-state index is 0.0971. The lowest BCUT2D eigenvalue weighted by Crippen LogP contribution is -2.49. The highest BCUT2D eigenvalue weighted by Gasteiger charge is 2.59. The van der Waals surface area contributed by atoms with Crippen LogP contribution in [0, 0.1) is 0 Å². The number of thioether (sulfide) groups is 1. The van der Waals surface area contributed by atoms with Gasteiger partial charge >= 0.3 is 0 Å². The Kier molecular flexibility index (Phi) is 3.65. The summed E-state index contributed by atoms with van der Waals surface area (Å²) in [4.78, 5) is 25.7. The maximum absolute atomic E-state index is 12.7. The lowest BCUT2D eigenvalue weighted by molar-refractivity contribution is -0.128. The summed E-state index contributed by atoms with van der Waals surface area (Å²) < 4.78 is 25.6. The zero-order chi connectivity index (χ0) is 16.9. The van der Waals surface area contributed by atoms with E-state index in [2.05, 4.69) is 5.32 Å². The van der Waals surface area contributed by atoms with Crippen molar-refractivity contribution in [3.63, 3.8) is 0 Å². The van der Waals surface area contributed by atoms with Crippen LogP contribution in [0.25, 0.3) is 0 Å². The molecule has 4 rings (SSSR count). The van der Waals surface area contributed by atoms with Gasteiger partial charge in [-0.05, 0) is 37.8 Å². The molecule has 2 amide bonds. The molecule has 1 unspecified atom stereocenters. The number of para-hydroxylation sites is 1. The van der Waals surface area contributed by atoms with Crippen molar-refractivity contribution in [3.05, 3.63) is 24.3 Å². The number of hydrogen-bond donors (Lipinski definition) is 1. The Balaban J connectivity index is 1.51. The van der Waals surface area contributed by atoms with E-state index in [0.29, 0.717) is 25.7 Å². The van der Waals surface area contributed by atoms with Crippen molar-refractivity contribution < 1.29 is 18.0 Å². The third-order valence-corrected chi connectivity index (χ3v) is 8.93. The molecule has 2 fully saturated rings. The van der Waals surface area contributed by atoms with E-state index in [1.807, 2.05) is 24.3 Å². The molecule has 1 saturated carbocycles. The average molecular weight is 366 g/mol. The number of hydrogen-bond acceptors (Lipinski definition) is 5. The van der Waals surface area contributed by atoms with E-state index in [-0.39, 0.29) is 18.9 Å². The van der Waals surface area contributed by atoms with Crippen molar-refractivity contribution in [1.29, 1.82) is 0 Å². The van der Waals surface area contributed by atoms with Gasteiger partial charge in [0.05, 0.1) is 15.7 Å². The van der Waals surface area contributed by atoms with Crippen LogP contribution >= 0.6 is 11.8 Å². The van der Waals surface area contributed by atoms with Crippen LogP contribution in [0.3, 0.4) is 0 Å². The third-order valence-electron chi connectivity index (χ3n) is 4.98. The van der Waals surface area contributed by atoms with E-state index >= 15 is 0 Å². The first-order valence-corrected chi connectivity index (χ1v) is 10.4. The molecule has 8 heteroatoms. The maximum Gasteiger partial charge on any atom is 0.243 e. The summed E-state index contributed by atoms with van der Waals surface area (Å²) in [5.74, 6) is -0.712. The summed E-state index contributed by atoms with van der Waals surface area (Å²) in [7, 11) is -3.58. The van der Waals surface area contributed by atoms with E-state index in [1.54, 1.807) is 0 Å². The number of sulfonamides is 1. The van der Waals surface area contributed by atoms with Crippen LogP contribution in [-0.4, -0.2) is 41.1 Å². The number of nitrogens with one attached hydrogen (secondary N) is 1. The fourth-order valence-electron chi connectivity index (χ4n) is 3.42. The molecule has 2 heterocycles. The van der Waals surface area contributed by atoms with Crippen LogP contribution in [0.2, 0.25) is 0 Å². The highest BCUT2D eigenvalue weighted by atomic mass is 32.2. The molecule has 6 nitrogen and oxygen atoms in total. The van der Waals surface area contributed by atoms with Crippen LogP contribution in [-0.2, 0) is 19.6 Å². The fraction of sp³-hybridized carbons (Fsp3) is 0.500. The van der Waals surface area contributed by atoms with E-state index in [0.717, 1.165) is 14.9 Å². The number of fused-ring (bicyclic) bond motifs is 1. The van der Waals surface area contributed by atoms with Crippen molar-refractivity contribution in [2.75, 3.05) is 11.9 Å². The predicted molar refractivity (Wildman–Crippen MR) is 91.2 cm³/mol. The topological polar surface area (TPSA) is 83.6 Å². The van der Waals surface area contributed by atoms with Gasteiger partial charge in [0.1, 0.15) is 0 Å². The van der Waals surface area contributed by atoms with Crippen molar-refractivity contribution in [2.45, 2.75) is 47.0 Å². The minimum Gasteiger partial charge on any atom is -0.324 e. The molecule has 1 N–H and O–H groups in total. The van der Waals surface area contributed by atoms with Gasteiger partial charge in [0.25, 0.3) is 0 Å². The molecule has 1 spiro atoms.